The highest BCUT2D eigenvalue weighted by Gasteiger charge is 2.35. The molecule has 7 heteroatoms. The molecule has 0 radical (unpaired) electrons. The first-order valence-electron chi connectivity index (χ1n) is 8.58. The fourth-order valence-corrected chi connectivity index (χ4v) is 3.39. The molecule has 1 atom stereocenters. The van der Waals surface area contributed by atoms with Gasteiger partial charge in [0.15, 0.2) is 0 Å². The predicted octanol–water partition coefficient (Wildman–Crippen LogP) is 4.15. The summed E-state index contributed by atoms with van der Waals surface area (Å²) in [4.78, 5) is 18.1. The van der Waals surface area contributed by atoms with E-state index in [1.807, 2.05) is 32.0 Å². The molecule has 0 spiro atoms. The number of amides is 1. The maximum Gasteiger partial charge on any atom is 0.232 e. The van der Waals surface area contributed by atoms with Crippen LogP contribution in [0, 0.1) is 25.5 Å². The molecule has 1 amide bonds. The number of halogens is 2. The van der Waals surface area contributed by atoms with Crippen LogP contribution in [0.3, 0.4) is 0 Å². The minimum atomic E-state index is -0.726. The number of hydrogen-bond donors (Lipinski definition) is 0. The van der Waals surface area contributed by atoms with Crippen LogP contribution < -0.4 is 4.90 Å². The van der Waals surface area contributed by atoms with Gasteiger partial charge in [0.1, 0.15) is 11.6 Å². The molecule has 0 bridgehead atoms. The van der Waals surface area contributed by atoms with Crippen molar-refractivity contribution in [3.05, 3.63) is 65.1 Å². The Morgan fingerprint density at radius 1 is 1.11 bits per heavy atom. The normalized spacial score (nSPS) is 17.0. The molecule has 5 nitrogen and oxygen atoms in total. The molecule has 1 aliphatic heterocycles. The molecule has 1 saturated heterocycles. The summed E-state index contributed by atoms with van der Waals surface area (Å²) in [7, 11) is 0. The van der Waals surface area contributed by atoms with Gasteiger partial charge in [-0.1, -0.05) is 28.9 Å². The third kappa shape index (κ3) is 3.32. The van der Waals surface area contributed by atoms with Crippen LogP contribution in [0.15, 0.2) is 40.9 Å². The van der Waals surface area contributed by atoms with Gasteiger partial charge in [-0.3, -0.25) is 4.79 Å². The minimum absolute atomic E-state index is 0.145. The second-order valence-corrected chi connectivity index (χ2v) is 6.81. The van der Waals surface area contributed by atoms with Gasteiger partial charge in [0, 0.05) is 30.3 Å². The van der Waals surface area contributed by atoms with Gasteiger partial charge < -0.3 is 9.42 Å². The van der Waals surface area contributed by atoms with Gasteiger partial charge in [0.2, 0.25) is 17.6 Å². The maximum atomic E-state index is 13.5. The number of hydrogen-bond acceptors (Lipinski definition) is 4. The molecular weight excluding hydrogens is 352 g/mol. The van der Waals surface area contributed by atoms with E-state index < -0.39 is 11.6 Å². The Balaban J connectivity index is 1.58. The average Bonchev–Trinajstić information content (AvgIpc) is 3.20. The molecule has 0 saturated carbocycles. The molecule has 1 fully saturated rings. The summed E-state index contributed by atoms with van der Waals surface area (Å²) < 4.78 is 32.3. The number of rotatable bonds is 3. The number of benzene rings is 2. The van der Waals surface area contributed by atoms with Crippen molar-refractivity contribution in [3.63, 3.8) is 0 Å². The lowest BCUT2D eigenvalue weighted by Crippen LogP contribution is -2.24. The van der Waals surface area contributed by atoms with Crippen LogP contribution in [0.4, 0.5) is 14.5 Å². The largest absolute Gasteiger partial charge is 0.339 e. The lowest BCUT2D eigenvalue weighted by atomic mass is 10.1. The van der Waals surface area contributed by atoms with E-state index in [0.29, 0.717) is 11.7 Å². The van der Waals surface area contributed by atoms with Gasteiger partial charge >= 0.3 is 0 Å². The van der Waals surface area contributed by atoms with Gasteiger partial charge in [0.25, 0.3) is 0 Å². The van der Waals surface area contributed by atoms with E-state index in [2.05, 4.69) is 10.1 Å². The van der Waals surface area contributed by atoms with E-state index in [0.717, 1.165) is 34.9 Å². The fourth-order valence-electron chi connectivity index (χ4n) is 3.39. The van der Waals surface area contributed by atoms with E-state index in [1.54, 1.807) is 0 Å². The maximum absolute atomic E-state index is 13.5. The summed E-state index contributed by atoms with van der Waals surface area (Å²) in [6, 6.07) is 8.98. The Morgan fingerprint density at radius 3 is 2.56 bits per heavy atom. The Hall–Kier alpha value is -3.09. The summed E-state index contributed by atoms with van der Waals surface area (Å²) in [5.74, 6) is -1.21. The first kappa shape index (κ1) is 17.3. The van der Waals surface area contributed by atoms with Crippen molar-refractivity contribution < 1.29 is 18.1 Å². The second kappa shape index (κ2) is 6.57. The van der Waals surface area contributed by atoms with E-state index in [1.165, 1.54) is 4.90 Å². The van der Waals surface area contributed by atoms with Crippen LogP contribution in [0.1, 0.15) is 29.4 Å². The van der Waals surface area contributed by atoms with Crippen LogP contribution in [0.25, 0.3) is 11.4 Å². The molecule has 1 aliphatic rings. The lowest BCUT2D eigenvalue weighted by molar-refractivity contribution is -0.117. The monoisotopic (exact) mass is 369 g/mol. The van der Waals surface area contributed by atoms with E-state index in [9.17, 15) is 13.6 Å². The Morgan fingerprint density at radius 2 is 1.85 bits per heavy atom. The zero-order chi connectivity index (χ0) is 19.1. The molecule has 138 valence electrons. The fraction of sp³-hybridized carbons (Fsp3) is 0.250. The SMILES string of the molecule is Cc1ccc(-c2noc(C3CC(=O)N(c4cc(F)cc(F)c4)C3)n2)c(C)c1. The van der Waals surface area contributed by atoms with Crippen LogP contribution in [-0.4, -0.2) is 22.6 Å². The van der Waals surface area contributed by atoms with Crippen LogP contribution in [-0.2, 0) is 4.79 Å². The van der Waals surface area contributed by atoms with Crippen molar-refractivity contribution >= 4 is 11.6 Å². The summed E-state index contributed by atoms with van der Waals surface area (Å²) in [6.07, 6.45) is 0.145. The number of nitrogens with zero attached hydrogens (tertiary/aromatic N) is 3. The zero-order valence-corrected chi connectivity index (χ0v) is 14.9. The second-order valence-electron chi connectivity index (χ2n) is 6.81. The van der Waals surface area contributed by atoms with Crippen molar-refractivity contribution in [2.45, 2.75) is 26.2 Å². The molecule has 2 heterocycles. The molecule has 1 aromatic heterocycles. The van der Waals surface area contributed by atoms with Gasteiger partial charge in [-0.15, -0.1) is 0 Å². The zero-order valence-electron chi connectivity index (χ0n) is 14.9. The number of aryl methyl sites for hydroxylation is 2. The van der Waals surface area contributed by atoms with E-state index >= 15 is 0 Å². The molecule has 0 aliphatic carbocycles. The highest BCUT2D eigenvalue weighted by atomic mass is 19.1. The smallest absolute Gasteiger partial charge is 0.232 e. The van der Waals surface area contributed by atoms with Crippen molar-refractivity contribution in [2.75, 3.05) is 11.4 Å². The van der Waals surface area contributed by atoms with E-state index in [4.69, 9.17) is 4.52 Å². The standard InChI is InChI=1S/C20H17F2N3O2/c1-11-3-4-17(12(2)5-11)19-23-20(27-24-19)13-6-18(26)25(10-13)16-8-14(21)7-15(22)9-16/h3-5,7-9,13H,6,10H2,1-2H3. The van der Waals surface area contributed by atoms with E-state index in [-0.39, 0.29) is 30.5 Å². The first-order valence-corrected chi connectivity index (χ1v) is 8.58. The predicted molar refractivity (Wildman–Crippen MR) is 95.3 cm³/mol. The van der Waals surface area contributed by atoms with Gasteiger partial charge in [-0.25, -0.2) is 8.78 Å². The highest BCUT2D eigenvalue weighted by molar-refractivity contribution is 5.96. The van der Waals surface area contributed by atoms with Gasteiger partial charge in [-0.05, 0) is 31.5 Å². The number of carbonyl (C=O) groups is 1. The topological polar surface area (TPSA) is 59.2 Å². The van der Waals surface area contributed by atoms with Crippen LogP contribution in [0.2, 0.25) is 0 Å². The summed E-state index contributed by atoms with van der Waals surface area (Å²) in [5, 5.41) is 4.04. The quantitative estimate of drug-likeness (QED) is 0.696. The molecule has 27 heavy (non-hydrogen) atoms. The molecular formula is C20H17F2N3O2. The Kier molecular flexibility index (Phi) is 4.22. The average molecular weight is 369 g/mol. The Labute approximate surface area is 154 Å². The molecule has 2 aromatic carbocycles. The number of anilines is 1. The lowest BCUT2D eigenvalue weighted by Gasteiger charge is -2.16. The number of carbonyl (C=O) groups excluding carboxylic acids is 1. The van der Waals surface area contributed by atoms with Crippen LogP contribution in [0.5, 0.6) is 0 Å². The van der Waals surface area contributed by atoms with Crippen LogP contribution >= 0.6 is 0 Å². The summed E-state index contributed by atoms with van der Waals surface area (Å²) >= 11 is 0. The molecule has 4 rings (SSSR count). The van der Waals surface area contributed by atoms with Gasteiger partial charge in [0.05, 0.1) is 5.92 Å². The number of aromatic nitrogens is 2. The summed E-state index contributed by atoms with van der Waals surface area (Å²) in [6.45, 7) is 4.21. The van der Waals surface area contributed by atoms with Gasteiger partial charge in [-0.2, -0.15) is 4.98 Å². The molecule has 1 unspecified atom stereocenters. The van der Waals surface area contributed by atoms with Crippen molar-refractivity contribution in [1.29, 1.82) is 0 Å². The Bertz CT molecular complexity index is 1010. The van der Waals surface area contributed by atoms with Crippen molar-refractivity contribution in [1.82, 2.24) is 10.1 Å². The molecule has 3 aromatic rings. The van der Waals surface area contributed by atoms with Crippen molar-refractivity contribution in [3.8, 4) is 11.4 Å². The third-order valence-electron chi connectivity index (χ3n) is 4.70. The minimum Gasteiger partial charge on any atom is -0.339 e. The first-order chi connectivity index (χ1) is 12.9. The van der Waals surface area contributed by atoms with Crippen molar-refractivity contribution in [2.24, 2.45) is 0 Å². The third-order valence-corrected chi connectivity index (χ3v) is 4.70. The molecule has 0 N–H and O–H groups in total. The highest BCUT2D eigenvalue weighted by Crippen LogP contribution is 2.33. The summed E-state index contributed by atoms with van der Waals surface area (Å²) in [5.41, 5.74) is 3.22.